The predicted octanol–water partition coefficient (Wildman–Crippen LogP) is 3.15. The van der Waals surface area contributed by atoms with E-state index in [1.165, 1.54) is 5.56 Å². The van der Waals surface area contributed by atoms with Crippen molar-refractivity contribution in [3.8, 4) is 5.75 Å². The van der Waals surface area contributed by atoms with Gasteiger partial charge in [-0.2, -0.15) is 0 Å². The van der Waals surface area contributed by atoms with E-state index in [9.17, 15) is 10.2 Å². The number of rotatable bonds is 6. The van der Waals surface area contributed by atoms with Gasteiger partial charge in [-0.05, 0) is 30.2 Å². The van der Waals surface area contributed by atoms with Crippen molar-refractivity contribution < 1.29 is 10.2 Å². The molecule has 1 heterocycles. The fourth-order valence-corrected chi connectivity index (χ4v) is 2.89. The molecular formula is C20H22N2O2. The minimum absolute atomic E-state index is 0.259. The number of hydrogen-bond donors (Lipinski definition) is 2. The lowest BCUT2D eigenvalue weighted by atomic mass is 10.1. The Balaban J connectivity index is 1.88. The first kappa shape index (κ1) is 16.3. The number of aromatic nitrogens is 2. The summed E-state index contributed by atoms with van der Waals surface area (Å²) in [5.74, 6) is 0.259. The number of phenolic OH excluding ortho intramolecular Hbond substituents is 1. The van der Waals surface area contributed by atoms with Crippen LogP contribution in [0.4, 0.5) is 0 Å². The van der Waals surface area contributed by atoms with E-state index in [1.54, 1.807) is 19.1 Å². The summed E-state index contributed by atoms with van der Waals surface area (Å²) in [6.45, 7) is 2.41. The summed E-state index contributed by atoms with van der Waals surface area (Å²) in [5, 5.41) is 19.5. The van der Waals surface area contributed by atoms with E-state index in [4.69, 9.17) is 0 Å². The highest BCUT2D eigenvalue weighted by atomic mass is 16.3. The SMILES string of the molecule is CC(O)Cc1c(Cc2ccccc2)ncn1Cc1cccc(O)c1. The van der Waals surface area contributed by atoms with Crippen LogP contribution in [0.3, 0.4) is 0 Å². The number of aliphatic hydroxyl groups excluding tert-OH is 1. The van der Waals surface area contributed by atoms with Gasteiger partial charge in [-0.1, -0.05) is 42.5 Å². The first-order valence-electron chi connectivity index (χ1n) is 8.14. The molecule has 0 aliphatic rings. The third-order valence-electron chi connectivity index (χ3n) is 4.00. The van der Waals surface area contributed by atoms with Crippen LogP contribution in [0.1, 0.15) is 29.4 Å². The first-order valence-corrected chi connectivity index (χ1v) is 8.14. The average molecular weight is 322 g/mol. The Hall–Kier alpha value is -2.59. The fourth-order valence-electron chi connectivity index (χ4n) is 2.89. The molecule has 3 aromatic rings. The normalized spacial score (nSPS) is 12.2. The van der Waals surface area contributed by atoms with Crippen LogP contribution >= 0.6 is 0 Å². The zero-order valence-electron chi connectivity index (χ0n) is 13.8. The minimum atomic E-state index is -0.431. The van der Waals surface area contributed by atoms with E-state index in [-0.39, 0.29) is 5.75 Å². The van der Waals surface area contributed by atoms with Gasteiger partial charge in [0.1, 0.15) is 5.75 Å². The van der Waals surface area contributed by atoms with Crippen LogP contribution in [-0.2, 0) is 19.4 Å². The molecule has 0 fully saturated rings. The zero-order chi connectivity index (χ0) is 16.9. The van der Waals surface area contributed by atoms with Gasteiger partial charge in [-0.3, -0.25) is 0 Å². The molecule has 0 aliphatic carbocycles. The highest BCUT2D eigenvalue weighted by Crippen LogP contribution is 2.18. The van der Waals surface area contributed by atoms with Crippen molar-refractivity contribution in [1.82, 2.24) is 9.55 Å². The van der Waals surface area contributed by atoms with Crippen LogP contribution in [0, 0.1) is 0 Å². The van der Waals surface area contributed by atoms with Gasteiger partial charge in [0.15, 0.2) is 0 Å². The minimum Gasteiger partial charge on any atom is -0.508 e. The van der Waals surface area contributed by atoms with E-state index in [1.807, 2.05) is 36.7 Å². The lowest BCUT2D eigenvalue weighted by Gasteiger charge is -2.12. The first-order chi connectivity index (χ1) is 11.6. The van der Waals surface area contributed by atoms with E-state index in [0.717, 1.165) is 23.4 Å². The van der Waals surface area contributed by atoms with E-state index >= 15 is 0 Å². The maximum Gasteiger partial charge on any atom is 0.115 e. The van der Waals surface area contributed by atoms with Gasteiger partial charge in [-0.25, -0.2) is 4.98 Å². The number of imidazole rings is 1. The topological polar surface area (TPSA) is 58.3 Å². The van der Waals surface area contributed by atoms with Gasteiger partial charge in [-0.15, -0.1) is 0 Å². The van der Waals surface area contributed by atoms with Crippen LogP contribution in [0.2, 0.25) is 0 Å². The third kappa shape index (κ3) is 4.03. The summed E-state index contributed by atoms with van der Waals surface area (Å²) in [5.41, 5.74) is 4.23. The lowest BCUT2D eigenvalue weighted by molar-refractivity contribution is 0.192. The molecule has 0 amide bonds. The monoisotopic (exact) mass is 322 g/mol. The molecule has 1 aromatic heterocycles. The zero-order valence-corrected chi connectivity index (χ0v) is 13.8. The Bertz CT molecular complexity index is 794. The molecule has 0 aliphatic heterocycles. The molecule has 4 heteroatoms. The van der Waals surface area contributed by atoms with Crippen molar-refractivity contribution in [2.24, 2.45) is 0 Å². The van der Waals surface area contributed by atoms with Crippen LogP contribution in [0.15, 0.2) is 60.9 Å². The molecule has 0 saturated heterocycles. The molecule has 0 saturated carbocycles. The van der Waals surface area contributed by atoms with Crippen molar-refractivity contribution in [3.05, 3.63) is 83.4 Å². The molecule has 0 spiro atoms. The van der Waals surface area contributed by atoms with E-state index in [0.29, 0.717) is 13.0 Å². The molecule has 1 atom stereocenters. The smallest absolute Gasteiger partial charge is 0.115 e. The molecule has 3 rings (SSSR count). The van der Waals surface area contributed by atoms with Gasteiger partial charge >= 0.3 is 0 Å². The second-order valence-electron chi connectivity index (χ2n) is 6.15. The Kier molecular flexibility index (Phi) is 4.96. The van der Waals surface area contributed by atoms with Crippen molar-refractivity contribution in [2.75, 3.05) is 0 Å². The molecule has 4 nitrogen and oxygen atoms in total. The van der Waals surface area contributed by atoms with Gasteiger partial charge in [0.25, 0.3) is 0 Å². The Morgan fingerprint density at radius 3 is 2.50 bits per heavy atom. The number of benzene rings is 2. The molecule has 124 valence electrons. The number of aromatic hydroxyl groups is 1. The van der Waals surface area contributed by atoms with Crippen molar-refractivity contribution in [2.45, 2.75) is 32.4 Å². The highest BCUT2D eigenvalue weighted by molar-refractivity contribution is 5.29. The van der Waals surface area contributed by atoms with Crippen LogP contribution in [0.5, 0.6) is 5.75 Å². The standard InChI is InChI=1S/C20H22N2O2/c1-15(23)10-20-19(12-16-6-3-2-4-7-16)21-14-22(20)13-17-8-5-9-18(24)11-17/h2-9,11,14-15,23-24H,10,12-13H2,1H3. The number of aliphatic hydroxyl groups is 1. The van der Waals surface area contributed by atoms with Crippen molar-refractivity contribution in [1.29, 1.82) is 0 Å². The van der Waals surface area contributed by atoms with Crippen molar-refractivity contribution in [3.63, 3.8) is 0 Å². The molecule has 0 radical (unpaired) electrons. The molecule has 2 N–H and O–H groups in total. The Morgan fingerprint density at radius 1 is 1.04 bits per heavy atom. The third-order valence-corrected chi connectivity index (χ3v) is 4.00. The van der Waals surface area contributed by atoms with Gasteiger partial charge in [0, 0.05) is 25.1 Å². The average Bonchev–Trinajstić information content (AvgIpc) is 2.90. The van der Waals surface area contributed by atoms with E-state index < -0.39 is 6.10 Å². The van der Waals surface area contributed by atoms with Crippen LogP contribution < -0.4 is 0 Å². The highest BCUT2D eigenvalue weighted by Gasteiger charge is 2.14. The molecule has 0 bridgehead atoms. The Morgan fingerprint density at radius 2 is 1.79 bits per heavy atom. The maximum atomic E-state index is 9.87. The predicted molar refractivity (Wildman–Crippen MR) is 94.1 cm³/mol. The molecular weight excluding hydrogens is 300 g/mol. The second kappa shape index (κ2) is 7.32. The summed E-state index contributed by atoms with van der Waals surface area (Å²) in [4.78, 5) is 4.57. The maximum absolute atomic E-state index is 9.87. The van der Waals surface area contributed by atoms with Crippen LogP contribution in [-0.4, -0.2) is 25.9 Å². The number of phenols is 1. The summed E-state index contributed by atoms with van der Waals surface area (Å²) < 4.78 is 2.06. The quantitative estimate of drug-likeness (QED) is 0.733. The van der Waals surface area contributed by atoms with Crippen molar-refractivity contribution >= 4 is 0 Å². The lowest BCUT2D eigenvalue weighted by Crippen LogP contribution is -2.12. The van der Waals surface area contributed by atoms with Crippen LogP contribution in [0.25, 0.3) is 0 Å². The molecule has 2 aromatic carbocycles. The summed E-state index contributed by atoms with van der Waals surface area (Å²) in [6.07, 6.45) is 2.69. The number of nitrogens with zero attached hydrogens (tertiary/aromatic N) is 2. The largest absolute Gasteiger partial charge is 0.508 e. The van der Waals surface area contributed by atoms with Gasteiger partial charge < -0.3 is 14.8 Å². The Labute approximate surface area is 142 Å². The molecule has 1 unspecified atom stereocenters. The van der Waals surface area contributed by atoms with Gasteiger partial charge in [0.05, 0.1) is 18.1 Å². The van der Waals surface area contributed by atoms with Gasteiger partial charge in [0.2, 0.25) is 0 Å². The molecule has 24 heavy (non-hydrogen) atoms. The summed E-state index contributed by atoms with van der Waals surface area (Å²) >= 11 is 0. The summed E-state index contributed by atoms with van der Waals surface area (Å²) in [6, 6.07) is 17.4. The fraction of sp³-hybridized carbons (Fsp3) is 0.250. The second-order valence-corrected chi connectivity index (χ2v) is 6.15. The summed E-state index contributed by atoms with van der Waals surface area (Å²) in [7, 11) is 0. The van der Waals surface area contributed by atoms with E-state index in [2.05, 4.69) is 21.7 Å². The number of hydrogen-bond acceptors (Lipinski definition) is 3.